The molecule has 0 bridgehead atoms. The van der Waals surface area contributed by atoms with Gasteiger partial charge in [-0.2, -0.15) is 0 Å². The van der Waals surface area contributed by atoms with Gasteiger partial charge in [0.25, 0.3) is 0 Å². The van der Waals surface area contributed by atoms with E-state index in [9.17, 15) is 0 Å². The molecule has 2 rings (SSSR count). The average molecular weight is 336 g/mol. The summed E-state index contributed by atoms with van der Waals surface area (Å²) in [7, 11) is 1.85. The number of nitrogens with one attached hydrogen (secondary N) is 1. The molecule has 20 heavy (non-hydrogen) atoms. The van der Waals surface area contributed by atoms with Crippen LogP contribution < -0.4 is 10.1 Å². The van der Waals surface area contributed by atoms with Crippen LogP contribution in [0.5, 0.6) is 11.6 Å². The van der Waals surface area contributed by atoms with Crippen LogP contribution in [0.1, 0.15) is 30.9 Å². The number of ether oxygens (including phenoxy) is 1. The first-order chi connectivity index (χ1) is 9.52. The third kappa shape index (κ3) is 3.10. The number of rotatable bonds is 4. The fourth-order valence-corrected chi connectivity index (χ4v) is 2.49. The minimum atomic E-state index is 0.268. The number of benzene rings is 1. The molecule has 0 aliphatic rings. The summed E-state index contributed by atoms with van der Waals surface area (Å²) in [5.41, 5.74) is 2.04. The van der Waals surface area contributed by atoms with Crippen LogP contribution in [0, 0.1) is 6.92 Å². The predicted molar refractivity (Wildman–Crippen MR) is 84.6 cm³/mol. The fourth-order valence-electron chi connectivity index (χ4n) is 2.01. The highest BCUT2D eigenvalue weighted by molar-refractivity contribution is 9.10. The van der Waals surface area contributed by atoms with Crippen LogP contribution in [0.2, 0.25) is 0 Å². The van der Waals surface area contributed by atoms with Crippen molar-refractivity contribution in [3.05, 3.63) is 40.1 Å². The first-order valence-electron chi connectivity index (χ1n) is 6.49. The van der Waals surface area contributed by atoms with E-state index in [0.29, 0.717) is 5.88 Å². The maximum Gasteiger partial charge on any atom is 0.227 e. The monoisotopic (exact) mass is 335 g/mol. The van der Waals surface area contributed by atoms with Crippen LogP contribution in [-0.4, -0.2) is 17.0 Å². The molecule has 0 radical (unpaired) electrons. The molecular weight excluding hydrogens is 318 g/mol. The molecule has 1 heterocycles. The summed E-state index contributed by atoms with van der Waals surface area (Å²) in [5, 5.41) is 3.09. The Balaban J connectivity index is 2.43. The molecule has 5 heteroatoms. The van der Waals surface area contributed by atoms with Gasteiger partial charge in [0, 0.05) is 11.5 Å². The van der Waals surface area contributed by atoms with Gasteiger partial charge in [0.05, 0.1) is 5.56 Å². The lowest BCUT2D eigenvalue weighted by Crippen LogP contribution is -2.05. The van der Waals surface area contributed by atoms with Gasteiger partial charge in [0.15, 0.2) is 0 Å². The minimum Gasteiger partial charge on any atom is -0.438 e. The molecule has 1 aromatic carbocycles. The summed E-state index contributed by atoms with van der Waals surface area (Å²) in [6.45, 7) is 6.21. The first kappa shape index (κ1) is 14.8. The SMILES string of the molecule is CNc1ncnc(Oc2ccc(Br)cc2C)c1C(C)C. The highest BCUT2D eigenvalue weighted by Gasteiger charge is 2.16. The van der Waals surface area contributed by atoms with Gasteiger partial charge in [-0.1, -0.05) is 29.8 Å². The maximum absolute atomic E-state index is 5.99. The third-order valence-corrected chi connectivity index (χ3v) is 3.50. The lowest BCUT2D eigenvalue weighted by Gasteiger charge is -2.16. The molecule has 0 aliphatic carbocycles. The Morgan fingerprint density at radius 1 is 1.25 bits per heavy atom. The number of halogens is 1. The Morgan fingerprint density at radius 2 is 2.00 bits per heavy atom. The van der Waals surface area contributed by atoms with Gasteiger partial charge < -0.3 is 10.1 Å². The Morgan fingerprint density at radius 3 is 2.60 bits per heavy atom. The molecule has 0 atom stereocenters. The summed E-state index contributed by atoms with van der Waals surface area (Å²) in [4.78, 5) is 8.53. The smallest absolute Gasteiger partial charge is 0.227 e. The topological polar surface area (TPSA) is 47.0 Å². The Hall–Kier alpha value is -1.62. The highest BCUT2D eigenvalue weighted by Crippen LogP contribution is 2.34. The van der Waals surface area contributed by atoms with Gasteiger partial charge in [0.1, 0.15) is 17.9 Å². The van der Waals surface area contributed by atoms with Crippen molar-refractivity contribution in [1.29, 1.82) is 0 Å². The van der Waals surface area contributed by atoms with Crippen LogP contribution in [0.15, 0.2) is 29.0 Å². The van der Waals surface area contributed by atoms with Crippen LogP contribution in [-0.2, 0) is 0 Å². The molecule has 4 nitrogen and oxygen atoms in total. The molecule has 2 aromatic rings. The summed E-state index contributed by atoms with van der Waals surface area (Å²) in [5.74, 6) is 2.48. The van der Waals surface area contributed by atoms with Crippen molar-refractivity contribution in [2.75, 3.05) is 12.4 Å². The Bertz CT molecular complexity index is 614. The number of hydrogen-bond donors (Lipinski definition) is 1. The van der Waals surface area contributed by atoms with Crippen LogP contribution in [0.3, 0.4) is 0 Å². The molecule has 0 amide bonds. The predicted octanol–water partition coefficient (Wildman–Crippen LogP) is 4.50. The van der Waals surface area contributed by atoms with Gasteiger partial charge in [0.2, 0.25) is 5.88 Å². The van der Waals surface area contributed by atoms with Gasteiger partial charge in [-0.25, -0.2) is 9.97 Å². The van der Waals surface area contributed by atoms with Crippen molar-refractivity contribution in [2.24, 2.45) is 0 Å². The second-order valence-electron chi connectivity index (χ2n) is 4.86. The van der Waals surface area contributed by atoms with Gasteiger partial charge >= 0.3 is 0 Å². The summed E-state index contributed by atoms with van der Waals surface area (Å²) in [6, 6.07) is 5.91. The van der Waals surface area contributed by atoms with Crippen molar-refractivity contribution in [3.63, 3.8) is 0 Å². The molecule has 1 aromatic heterocycles. The molecule has 0 fully saturated rings. The molecule has 0 saturated heterocycles. The number of aromatic nitrogens is 2. The van der Waals surface area contributed by atoms with Crippen molar-refractivity contribution in [1.82, 2.24) is 9.97 Å². The largest absolute Gasteiger partial charge is 0.438 e. The lowest BCUT2D eigenvalue weighted by molar-refractivity contribution is 0.448. The van der Waals surface area contributed by atoms with E-state index in [4.69, 9.17) is 4.74 Å². The zero-order valence-corrected chi connectivity index (χ0v) is 13.7. The van der Waals surface area contributed by atoms with E-state index in [0.717, 1.165) is 27.2 Å². The van der Waals surface area contributed by atoms with E-state index >= 15 is 0 Å². The summed E-state index contributed by atoms with van der Waals surface area (Å²) < 4.78 is 7.02. The Labute approximate surface area is 127 Å². The minimum absolute atomic E-state index is 0.268. The average Bonchev–Trinajstić information content (AvgIpc) is 2.41. The first-order valence-corrected chi connectivity index (χ1v) is 7.29. The van der Waals surface area contributed by atoms with Crippen LogP contribution >= 0.6 is 15.9 Å². The van der Waals surface area contributed by atoms with Gasteiger partial charge in [-0.05, 0) is 36.6 Å². The van der Waals surface area contributed by atoms with E-state index < -0.39 is 0 Å². The zero-order chi connectivity index (χ0) is 14.7. The number of anilines is 1. The lowest BCUT2D eigenvalue weighted by atomic mass is 10.1. The zero-order valence-electron chi connectivity index (χ0n) is 12.1. The Kier molecular flexibility index (Phi) is 4.60. The van der Waals surface area contributed by atoms with Crippen LogP contribution in [0.25, 0.3) is 0 Å². The summed E-state index contributed by atoms with van der Waals surface area (Å²) >= 11 is 3.45. The van der Waals surface area contributed by atoms with Gasteiger partial charge in [-0.15, -0.1) is 0 Å². The second-order valence-corrected chi connectivity index (χ2v) is 5.77. The third-order valence-electron chi connectivity index (χ3n) is 3.01. The van der Waals surface area contributed by atoms with Crippen molar-refractivity contribution in [3.8, 4) is 11.6 Å². The van der Waals surface area contributed by atoms with Crippen molar-refractivity contribution >= 4 is 21.7 Å². The molecule has 0 spiro atoms. The summed E-state index contributed by atoms with van der Waals surface area (Å²) in [6.07, 6.45) is 1.52. The number of nitrogens with zero attached hydrogens (tertiary/aromatic N) is 2. The molecule has 0 saturated carbocycles. The van der Waals surface area contributed by atoms with E-state index in [1.54, 1.807) is 0 Å². The van der Waals surface area contributed by atoms with Crippen molar-refractivity contribution < 1.29 is 4.74 Å². The van der Waals surface area contributed by atoms with Gasteiger partial charge in [-0.3, -0.25) is 0 Å². The van der Waals surface area contributed by atoms with Crippen molar-refractivity contribution in [2.45, 2.75) is 26.7 Å². The molecule has 1 N–H and O–H groups in total. The maximum atomic E-state index is 5.99. The van der Waals surface area contributed by atoms with E-state index in [2.05, 4.69) is 45.1 Å². The standard InChI is InChI=1S/C15H18BrN3O/c1-9(2)13-14(17-4)18-8-19-15(13)20-12-6-5-11(16)7-10(12)3/h5-9H,1-4H3,(H,17,18,19). The van der Waals surface area contributed by atoms with E-state index in [1.165, 1.54) is 6.33 Å². The molecule has 106 valence electrons. The van der Waals surface area contributed by atoms with Crippen LogP contribution in [0.4, 0.5) is 5.82 Å². The quantitative estimate of drug-likeness (QED) is 0.893. The highest BCUT2D eigenvalue weighted by atomic mass is 79.9. The molecular formula is C15H18BrN3O. The van der Waals surface area contributed by atoms with E-state index in [-0.39, 0.29) is 5.92 Å². The number of hydrogen-bond acceptors (Lipinski definition) is 4. The number of aryl methyl sites for hydroxylation is 1. The van der Waals surface area contributed by atoms with E-state index in [1.807, 2.05) is 32.2 Å². The normalized spacial score (nSPS) is 10.7. The fraction of sp³-hybridized carbons (Fsp3) is 0.333. The molecule has 0 unspecified atom stereocenters. The second kappa shape index (κ2) is 6.22. The molecule has 0 aliphatic heterocycles.